The van der Waals surface area contributed by atoms with E-state index >= 15 is 0 Å². The zero-order chi connectivity index (χ0) is 20.7. The SMILES string of the molecule is C=CC(C)(OCC)c1cccc(Oc2cc(C)c(/N=C\N(C)CC)cc2C)c1. The third-order valence-electron chi connectivity index (χ3n) is 4.85. The Balaban J connectivity index is 2.29. The molecular weight excluding hydrogens is 348 g/mol. The average Bonchev–Trinajstić information content (AvgIpc) is 2.69. The molecule has 4 nitrogen and oxygen atoms in total. The van der Waals surface area contributed by atoms with Crippen LogP contribution in [0.15, 0.2) is 54.0 Å². The number of aliphatic imine (C=N–C) groups is 1. The summed E-state index contributed by atoms with van der Waals surface area (Å²) in [5.41, 5.74) is 3.54. The molecule has 0 spiro atoms. The minimum atomic E-state index is -0.539. The maximum atomic E-state index is 6.20. The lowest BCUT2D eigenvalue weighted by Crippen LogP contribution is -2.22. The van der Waals surface area contributed by atoms with Gasteiger partial charge >= 0.3 is 0 Å². The summed E-state index contributed by atoms with van der Waals surface area (Å²) in [6.45, 7) is 15.6. The largest absolute Gasteiger partial charge is 0.457 e. The van der Waals surface area contributed by atoms with Gasteiger partial charge in [0.2, 0.25) is 0 Å². The lowest BCUT2D eigenvalue weighted by Gasteiger charge is -2.26. The van der Waals surface area contributed by atoms with Crippen molar-refractivity contribution in [3.63, 3.8) is 0 Å². The molecule has 0 amide bonds. The quantitative estimate of drug-likeness (QED) is 0.297. The monoisotopic (exact) mass is 380 g/mol. The van der Waals surface area contributed by atoms with Crippen molar-refractivity contribution in [1.82, 2.24) is 4.90 Å². The van der Waals surface area contributed by atoms with Crippen LogP contribution in [0.3, 0.4) is 0 Å². The number of rotatable bonds is 9. The van der Waals surface area contributed by atoms with E-state index in [0.717, 1.165) is 40.4 Å². The smallest absolute Gasteiger partial charge is 0.130 e. The van der Waals surface area contributed by atoms with Crippen molar-refractivity contribution in [2.24, 2.45) is 4.99 Å². The van der Waals surface area contributed by atoms with Gasteiger partial charge in [-0.05, 0) is 75.6 Å². The van der Waals surface area contributed by atoms with Crippen LogP contribution in [-0.4, -0.2) is 31.4 Å². The summed E-state index contributed by atoms with van der Waals surface area (Å²) < 4.78 is 12.1. The first-order valence-electron chi connectivity index (χ1n) is 9.74. The molecule has 1 atom stereocenters. The number of nitrogens with zero attached hydrogens (tertiary/aromatic N) is 2. The standard InChI is InChI=1S/C24H32N2O2/c1-8-24(6,27-10-3)20-12-11-13-21(16-20)28-23-15-18(4)22(14-19(23)5)25-17-26(7)9-2/h8,11-17H,1,9-10H2,2-7H3/b25-17-. The summed E-state index contributed by atoms with van der Waals surface area (Å²) in [5, 5.41) is 0. The molecule has 0 heterocycles. The lowest BCUT2D eigenvalue weighted by molar-refractivity contribution is 0.0105. The van der Waals surface area contributed by atoms with Crippen LogP contribution < -0.4 is 4.74 Å². The highest BCUT2D eigenvalue weighted by molar-refractivity contribution is 5.64. The molecular formula is C24H32N2O2. The van der Waals surface area contributed by atoms with Gasteiger partial charge in [0, 0.05) is 20.2 Å². The molecule has 0 saturated heterocycles. The molecule has 0 saturated carbocycles. The summed E-state index contributed by atoms with van der Waals surface area (Å²) >= 11 is 0. The molecule has 1 unspecified atom stereocenters. The van der Waals surface area contributed by atoms with Crippen molar-refractivity contribution in [2.45, 2.75) is 40.2 Å². The fourth-order valence-corrected chi connectivity index (χ4v) is 2.82. The van der Waals surface area contributed by atoms with Crippen molar-refractivity contribution < 1.29 is 9.47 Å². The van der Waals surface area contributed by atoms with Gasteiger partial charge in [-0.2, -0.15) is 0 Å². The molecule has 28 heavy (non-hydrogen) atoms. The molecule has 2 aromatic carbocycles. The van der Waals surface area contributed by atoms with Crippen molar-refractivity contribution >= 4 is 12.0 Å². The zero-order valence-electron chi connectivity index (χ0n) is 18.0. The summed E-state index contributed by atoms with van der Waals surface area (Å²) in [6.07, 6.45) is 3.68. The molecule has 0 aliphatic heterocycles. The van der Waals surface area contributed by atoms with Crippen molar-refractivity contribution in [2.75, 3.05) is 20.2 Å². The first kappa shape index (κ1) is 21.7. The van der Waals surface area contributed by atoms with Crippen LogP contribution in [0.2, 0.25) is 0 Å². The summed E-state index contributed by atoms with van der Waals surface area (Å²) in [4.78, 5) is 6.62. The Labute approximate surface area is 169 Å². The van der Waals surface area contributed by atoms with E-state index in [1.54, 1.807) is 0 Å². The number of aryl methyl sites for hydroxylation is 2. The predicted octanol–water partition coefficient (Wildman–Crippen LogP) is 6.14. The van der Waals surface area contributed by atoms with E-state index in [-0.39, 0.29) is 0 Å². The number of ether oxygens (including phenoxy) is 2. The molecule has 0 aromatic heterocycles. The van der Waals surface area contributed by atoms with Gasteiger partial charge in [0.15, 0.2) is 0 Å². The van der Waals surface area contributed by atoms with E-state index < -0.39 is 5.60 Å². The Morgan fingerprint density at radius 1 is 1.14 bits per heavy atom. The Hall–Kier alpha value is -2.59. The van der Waals surface area contributed by atoms with Gasteiger partial charge in [0.25, 0.3) is 0 Å². The van der Waals surface area contributed by atoms with E-state index in [9.17, 15) is 0 Å². The van der Waals surface area contributed by atoms with Gasteiger partial charge in [-0.3, -0.25) is 0 Å². The van der Waals surface area contributed by atoms with E-state index in [4.69, 9.17) is 9.47 Å². The molecule has 0 bridgehead atoms. The van der Waals surface area contributed by atoms with Crippen LogP contribution in [0.5, 0.6) is 11.5 Å². The minimum absolute atomic E-state index is 0.539. The van der Waals surface area contributed by atoms with Crippen LogP contribution in [0.25, 0.3) is 0 Å². The Bertz CT molecular complexity index is 844. The lowest BCUT2D eigenvalue weighted by atomic mass is 9.95. The second-order valence-electron chi connectivity index (χ2n) is 7.10. The fourth-order valence-electron chi connectivity index (χ4n) is 2.82. The van der Waals surface area contributed by atoms with E-state index in [1.807, 2.05) is 82.4 Å². The van der Waals surface area contributed by atoms with Gasteiger partial charge in [0.1, 0.15) is 17.1 Å². The summed E-state index contributed by atoms with van der Waals surface area (Å²) in [7, 11) is 2.01. The number of hydrogen-bond acceptors (Lipinski definition) is 3. The molecule has 0 radical (unpaired) electrons. The highest BCUT2D eigenvalue weighted by Gasteiger charge is 2.23. The maximum Gasteiger partial charge on any atom is 0.130 e. The zero-order valence-corrected chi connectivity index (χ0v) is 18.0. The topological polar surface area (TPSA) is 34.1 Å². The Morgan fingerprint density at radius 2 is 1.89 bits per heavy atom. The predicted molar refractivity (Wildman–Crippen MR) is 118 cm³/mol. The molecule has 2 rings (SSSR count). The number of hydrogen-bond donors (Lipinski definition) is 0. The molecule has 2 aromatic rings. The second-order valence-corrected chi connectivity index (χ2v) is 7.10. The molecule has 0 aliphatic carbocycles. The normalized spacial score (nSPS) is 13.4. The first-order chi connectivity index (χ1) is 13.3. The van der Waals surface area contributed by atoms with Gasteiger partial charge in [-0.1, -0.05) is 24.8 Å². The number of benzene rings is 2. The fraction of sp³-hybridized carbons (Fsp3) is 0.375. The van der Waals surface area contributed by atoms with Crippen LogP contribution in [0.1, 0.15) is 37.5 Å². The van der Waals surface area contributed by atoms with Gasteiger partial charge in [0.05, 0.1) is 12.0 Å². The van der Waals surface area contributed by atoms with Gasteiger partial charge in [-0.15, -0.1) is 0 Å². The molecule has 4 heteroatoms. The Morgan fingerprint density at radius 3 is 2.54 bits per heavy atom. The van der Waals surface area contributed by atoms with Gasteiger partial charge < -0.3 is 14.4 Å². The minimum Gasteiger partial charge on any atom is -0.457 e. The Kier molecular flexibility index (Phi) is 7.41. The molecule has 0 aliphatic rings. The van der Waals surface area contributed by atoms with Gasteiger partial charge in [-0.25, -0.2) is 4.99 Å². The first-order valence-corrected chi connectivity index (χ1v) is 9.74. The van der Waals surface area contributed by atoms with Crippen molar-refractivity contribution in [1.29, 1.82) is 0 Å². The third-order valence-corrected chi connectivity index (χ3v) is 4.85. The van der Waals surface area contributed by atoms with Crippen molar-refractivity contribution in [3.8, 4) is 11.5 Å². The highest BCUT2D eigenvalue weighted by atomic mass is 16.5. The van der Waals surface area contributed by atoms with Crippen LogP contribution in [0, 0.1) is 13.8 Å². The summed E-state index contributed by atoms with van der Waals surface area (Å²) in [5.74, 6) is 1.60. The third kappa shape index (κ3) is 5.23. The van der Waals surface area contributed by atoms with E-state index in [1.165, 1.54) is 0 Å². The summed E-state index contributed by atoms with van der Waals surface area (Å²) in [6, 6.07) is 12.1. The van der Waals surface area contributed by atoms with Crippen LogP contribution in [0.4, 0.5) is 5.69 Å². The van der Waals surface area contributed by atoms with E-state index in [0.29, 0.717) is 6.61 Å². The highest BCUT2D eigenvalue weighted by Crippen LogP contribution is 2.34. The molecule has 0 fully saturated rings. The average molecular weight is 381 g/mol. The van der Waals surface area contributed by atoms with Crippen molar-refractivity contribution in [3.05, 3.63) is 65.7 Å². The molecule has 0 N–H and O–H groups in total. The van der Waals surface area contributed by atoms with E-state index in [2.05, 4.69) is 24.6 Å². The second kappa shape index (κ2) is 9.56. The maximum absolute atomic E-state index is 6.20. The molecule has 150 valence electrons. The van der Waals surface area contributed by atoms with Crippen LogP contribution in [-0.2, 0) is 10.3 Å². The van der Waals surface area contributed by atoms with Crippen LogP contribution >= 0.6 is 0 Å².